The number of pyridine rings is 1. The predicted octanol–water partition coefficient (Wildman–Crippen LogP) is 5.21. The number of carbonyl (C=O) groups excluding carboxylic acids is 3. The molecule has 1 saturated heterocycles. The first-order chi connectivity index (χ1) is 14.8. The number of piperidine rings is 1. The Hall–Kier alpha value is -2.64. The first-order valence-electron chi connectivity index (χ1n) is 11.3. The lowest BCUT2D eigenvalue weighted by Crippen LogP contribution is -2.43. The van der Waals surface area contributed by atoms with Gasteiger partial charge >= 0.3 is 12.2 Å². The zero-order valence-corrected chi connectivity index (χ0v) is 20.4. The van der Waals surface area contributed by atoms with E-state index in [1.165, 1.54) is 0 Å². The second kappa shape index (κ2) is 10.3. The third-order valence-corrected chi connectivity index (χ3v) is 4.86. The van der Waals surface area contributed by atoms with Crippen LogP contribution in [0.2, 0.25) is 0 Å². The van der Waals surface area contributed by atoms with Crippen LogP contribution in [0.3, 0.4) is 0 Å². The largest absolute Gasteiger partial charge is 0.444 e. The standard InChI is InChI=1S/C24H37N3O5/c1-8-19(28)18-12-11-17(25-20(18)26-21(29)31-23(2,3)4)14-16-10-9-13-27(15-16)22(30)32-24(5,6)7/h11-12,16H,8-10,13-15H2,1-7H3,(H,25,26,29). The molecule has 178 valence electrons. The molecule has 0 spiro atoms. The van der Waals surface area contributed by atoms with Crippen molar-refractivity contribution in [2.75, 3.05) is 18.4 Å². The zero-order valence-electron chi connectivity index (χ0n) is 20.4. The van der Waals surface area contributed by atoms with Crippen LogP contribution in [0.4, 0.5) is 15.4 Å². The summed E-state index contributed by atoms with van der Waals surface area (Å²) < 4.78 is 10.8. The molecule has 2 rings (SSSR count). The highest BCUT2D eigenvalue weighted by Crippen LogP contribution is 2.24. The summed E-state index contributed by atoms with van der Waals surface area (Å²) in [6.45, 7) is 13.9. The van der Waals surface area contributed by atoms with E-state index in [2.05, 4.69) is 10.3 Å². The molecule has 2 amide bonds. The number of nitrogens with one attached hydrogen (secondary N) is 1. The van der Waals surface area contributed by atoms with E-state index in [1.54, 1.807) is 38.7 Å². The highest BCUT2D eigenvalue weighted by atomic mass is 16.6. The van der Waals surface area contributed by atoms with E-state index in [1.807, 2.05) is 26.8 Å². The SMILES string of the molecule is CCC(=O)c1ccc(CC2CCCN(C(=O)OC(C)(C)C)C2)nc1NC(=O)OC(C)(C)C. The number of carbonyl (C=O) groups is 3. The van der Waals surface area contributed by atoms with E-state index in [0.717, 1.165) is 18.5 Å². The maximum atomic E-state index is 12.4. The molecular formula is C24H37N3O5. The number of rotatable bonds is 5. The van der Waals surface area contributed by atoms with Gasteiger partial charge in [-0.05, 0) is 78.9 Å². The molecule has 8 nitrogen and oxygen atoms in total. The summed E-state index contributed by atoms with van der Waals surface area (Å²) in [5.41, 5.74) is -0.0832. The van der Waals surface area contributed by atoms with Crippen molar-refractivity contribution < 1.29 is 23.9 Å². The Kier molecular flexibility index (Phi) is 8.26. The number of nitrogens with zero attached hydrogens (tertiary/aromatic N) is 2. The maximum absolute atomic E-state index is 12.4. The van der Waals surface area contributed by atoms with E-state index in [-0.39, 0.29) is 23.6 Å². The van der Waals surface area contributed by atoms with Crippen LogP contribution in [0, 0.1) is 5.92 Å². The summed E-state index contributed by atoms with van der Waals surface area (Å²) in [5, 5.41) is 2.64. The molecule has 1 aromatic heterocycles. The second-order valence-corrected chi connectivity index (χ2v) is 10.2. The van der Waals surface area contributed by atoms with Gasteiger partial charge in [0.15, 0.2) is 5.78 Å². The molecule has 0 aromatic carbocycles. The average molecular weight is 448 g/mol. The fourth-order valence-corrected chi connectivity index (χ4v) is 3.54. The zero-order chi connectivity index (χ0) is 24.1. The van der Waals surface area contributed by atoms with E-state index in [4.69, 9.17) is 9.47 Å². The van der Waals surface area contributed by atoms with Gasteiger partial charge in [-0.3, -0.25) is 10.1 Å². The fourth-order valence-electron chi connectivity index (χ4n) is 3.54. The Labute approximate surface area is 191 Å². The number of ketones is 1. The number of ether oxygens (including phenoxy) is 2. The minimum Gasteiger partial charge on any atom is -0.444 e. The van der Waals surface area contributed by atoms with E-state index in [9.17, 15) is 14.4 Å². The Bertz CT molecular complexity index is 839. The van der Waals surface area contributed by atoms with Crippen LogP contribution in [0.25, 0.3) is 0 Å². The molecule has 2 heterocycles. The highest BCUT2D eigenvalue weighted by molar-refractivity contribution is 6.02. The first-order valence-corrected chi connectivity index (χ1v) is 11.3. The lowest BCUT2D eigenvalue weighted by atomic mass is 9.93. The van der Waals surface area contributed by atoms with Crippen molar-refractivity contribution >= 4 is 23.8 Å². The van der Waals surface area contributed by atoms with Crippen LogP contribution in [-0.2, 0) is 15.9 Å². The minimum absolute atomic E-state index is 0.108. The van der Waals surface area contributed by atoms with Crippen molar-refractivity contribution in [1.29, 1.82) is 0 Å². The predicted molar refractivity (Wildman–Crippen MR) is 123 cm³/mol. The van der Waals surface area contributed by atoms with Gasteiger partial charge in [0, 0.05) is 25.2 Å². The van der Waals surface area contributed by atoms with Gasteiger partial charge in [-0.2, -0.15) is 0 Å². The first kappa shape index (κ1) is 25.6. The molecule has 32 heavy (non-hydrogen) atoms. The van der Waals surface area contributed by atoms with Gasteiger partial charge < -0.3 is 14.4 Å². The van der Waals surface area contributed by atoms with Crippen LogP contribution >= 0.6 is 0 Å². The Balaban J connectivity index is 2.14. The van der Waals surface area contributed by atoms with Gasteiger partial charge in [0.05, 0.1) is 5.56 Å². The van der Waals surface area contributed by atoms with Crippen LogP contribution < -0.4 is 5.32 Å². The van der Waals surface area contributed by atoms with Crippen LogP contribution in [-0.4, -0.2) is 52.1 Å². The molecule has 0 aliphatic carbocycles. The summed E-state index contributed by atoms with van der Waals surface area (Å²) >= 11 is 0. The number of anilines is 1. The van der Waals surface area contributed by atoms with Crippen molar-refractivity contribution in [3.05, 3.63) is 23.4 Å². The van der Waals surface area contributed by atoms with E-state index < -0.39 is 17.3 Å². The molecule has 1 aromatic rings. The molecule has 1 unspecified atom stereocenters. The van der Waals surface area contributed by atoms with Crippen LogP contribution in [0.5, 0.6) is 0 Å². The van der Waals surface area contributed by atoms with Gasteiger partial charge in [0.1, 0.15) is 17.0 Å². The lowest BCUT2D eigenvalue weighted by Gasteiger charge is -2.34. The monoisotopic (exact) mass is 447 g/mol. The Morgan fingerprint density at radius 2 is 1.75 bits per heavy atom. The van der Waals surface area contributed by atoms with Gasteiger partial charge in [-0.1, -0.05) is 6.92 Å². The maximum Gasteiger partial charge on any atom is 0.413 e. The quantitative estimate of drug-likeness (QED) is 0.622. The minimum atomic E-state index is -0.663. The number of amides is 2. The Morgan fingerprint density at radius 1 is 1.09 bits per heavy atom. The molecule has 1 aliphatic heterocycles. The number of likely N-dealkylation sites (tertiary alicyclic amines) is 1. The summed E-state index contributed by atoms with van der Waals surface area (Å²) in [5.74, 6) is 0.318. The van der Waals surface area contributed by atoms with Crippen molar-refractivity contribution in [2.45, 2.75) is 85.4 Å². The fraction of sp³-hybridized carbons (Fsp3) is 0.667. The summed E-state index contributed by atoms with van der Waals surface area (Å²) in [7, 11) is 0. The highest BCUT2D eigenvalue weighted by Gasteiger charge is 2.28. The summed E-state index contributed by atoms with van der Waals surface area (Å²) in [4.78, 5) is 43.4. The van der Waals surface area contributed by atoms with E-state index >= 15 is 0 Å². The van der Waals surface area contributed by atoms with Crippen molar-refractivity contribution in [3.8, 4) is 0 Å². The number of aromatic nitrogens is 1. The molecule has 1 aliphatic rings. The molecule has 1 fully saturated rings. The Morgan fingerprint density at radius 3 is 2.34 bits per heavy atom. The second-order valence-electron chi connectivity index (χ2n) is 10.2. The van der Waals surface area contributed by atoms with Gasteiger partial charge in [0.2, 0.25) is 0 Å². The number of Topliss-reactive ketones (excluding diaryl/α,β-unsaturated/α-hetero) is 1. The van der Waals surface area contributed by atoms with Crippen molar-refractivity contribution in [2.24, 2.45) is 5.92 Å². The number of hydrogen-bond donors (Lipinski definition) is 1. The molecule has 0 radical (unpaired) electrons. The van der Waals surface area contributed by atoms with Gasteiger partial charge in [0.25, 0.3) is 0 Å². The average Bonchev–Trinajstić information content (AvgIpc) is 2.65. The smallest absolute Gasteiger partial charge is 0.413 e. The molecule has 0 bridgehead atoms. The molecule has 8 heteroatoms. The van der Waals surface area contributed by atoms with Crippen LogP contribution in [0.1, 0.15) is 83.8 Å². The van der Waals surface area contributed by atoms with Gasteiger partial charge in [-0.25, -0.2) is 14.6 Å². The lowest BCUT2D eigenvalue weighted by molar-refractivity contribution is 0.0165. The topological polar surface area (TPSA) is 97.8 Å². The molecular weight excluding hydrogens is 410 g/mol. The summed E-state index contributed by atoms with van der Waals surface area (Å²) in [6.07, 6.45) is 1.83. The van der Waals surface area contributed by atoms with Gasteiger partial charge in [-0.15, -0.1) is 0 Å². The van der Waals surface area contributed by atoms with Crippen molar-refractivity contribution in [3.63, 3.8) is 0 Å². The normalized spacial score (nSPS) is 17.0. The third-order valence-electron chi connectivity index (χ3n) is 4.86. The summed E-state index contributed by atoms with van der Waals surface area (Å²) in [6, 6.07) is 3.52. The molecule has 0 saturated carbocycles. The molecule has 1 N–H and O–H groups in total. The van der Waals surface area contributed by atoms with Crippen molar-refractivity contribution in [1.82, 2.24) is 9.88 Å². The molecule has 1 atom stereocenters. The third kappa shape index (κ3) is 8.13. The van der Waals surface area contributed by atoms with E-state index in [0.29, 0.717) is 31.5 Å². The van der Waals surface area contributed by atoms with Crippen LogP contribution in [0.15, 0.2) is 12.1 Å². The number of hydrogen-bond acceptors (Lipinski definition) is 6.